The summed E-state index contributed by atoms with van der Waals surface area (Å²) in [6.45, 7) is 0. The minimum absolute atomic E-state index is 0.107. The van der Waals surface area contributed by atoms with Gasteiger partial charge in [-0.1, -0.05) is 48.3 Å². The van der Waals surface area contributed by atoms with Gasteiger partial charge in [0.2, 0.25) is 5.91 Å². The molecular formula is C21H22ClN5O3S. The quantitative estimate of drug-likeness (QED) is 0.465. The van der Waals surface area contributed by atoms with Crippen LogP contribution in [0.3, 0.4) is 0 Å². The third-order valence-corrected chi connectivity index (χ3v) is 6.75. The van der Waals surface area contributed by atoms with Gasteiger partial charge in [-0.05, 0) is 25.0 Å². The summed E-state index contributed by atoms with van der Waals surface area (Å²) in [5.41, 5.74) is -0.202. The van der Waals surface area contributed by atoms with E-state index >= 15 is 0 Å². The van der Waals surface area contributed by atoms with Crippen LogP contribution in [0.15, 0.2) is 38.9 Å². The summed E-state index contributed by atoms with van der Waals surface area (Å²) >= 11 is 7.49. The molecule has 162 valence electrons. The molecule has 1 N–H and O–H groups in total. The molecule has 0 bridgehead atoms. The molecule has 1 fully saturated rings. The highest BCUT2D eigenvalue weighted by Crippen LogP contribution is 2.29. The monoisotopic (exact) mass is 459 g/mol. The van der Waals surface area contributed by atoms with Crippen LogP contribution in [0.1, 0.15) is 25.7 Å². The topological polar surface area (TPSA) is 98.9 Å². The van der Waals surface area contributed by atoms with Crippen molar-refractivity contribution in [3.05, 3.63) is 50.1 Å². The number of halogens is 1. The maximum atomic E-state index is 12.9. The first-order chi connectivity index (χ1) is 14.9. The van der Waals surface area contributed by atoms with Crippen molar-refractivity contribution < 1.29 is 4.79 Å². The average Bonchev–Trinajstić information content (AvgIpc) is 3.27. The van der Waals surface area contributed by atoms with Crippen molar-refractivity contribution in [2.24, 2.45) is 14.1 Å². The molecule has 0 saturated heterocycles. The van der Waals surface area contributed by atoms with Gasteiger partial charge < -0.3 is 5.32 Å². The van der Waals surface area contributed by atoms with Gasteiger partial charge in [-0.15, -0.1) is 0 Å². The predicted molar refractivity (Wildman–Crippen MR) is 122 cm³/mol. The van der Waals surface area contributed by atoms with Gasteiger partial charge >= 0.3 is 5.69 Å². The zero-order valence-corrected chi connectivity index (χ0v) is 18.8. The van der Waals surface area contributed by atoms with Crippen molar-refractivity contribution in [1.29, 1.82) is 0 Å². The van der Waals surface area contributed by atoms with Gasteiger partial charge in [0.1, 0.15) is 10.4 Å². The van der Waals surface area contributed by atoms with E-state index in [0.717, 1.165) is 42.0 Å². The summed E-state index contributed by atoms with van der Waals surface area (Å²) in [6.07, 6.45) is 4.23. The largest absolute Gasteiger partial charge is 0.353 e. The summed E-state index contributed by atoms with van der Waals surface area (Å²) in [5.74, 6) is 0.293. The lowest BCUT2D eigenvalue weighted by Gasteiger charge is -2.14. The first kappa shape index (κ1) is 21.6. The lowest BCUT2D eigenvalue weighted by atomic mass is 10.2. The molecule has 3 aromatic rings. The maximum absolute atomic E-state index is 12.9. The lowest BCUT2D eigenvalue weighted by Crippen LogP contribution is -2.38. The fourth-order valence-corrected chi connectivity index (χ4v) is 4.82. The third kappa shape index (κ3) is 4.24. The molecule has 1 aliphatic carbocycles. The number of aryl methyl sites for hydroxylation is 1. The Morgan fingerprint density at radius 1 is 1.16 bits per heavy atom. The highest BCUT2D eigenvalue weighted by atomic mass is 35.5. The Balaban J connectivity index is 1.79. The van der Waals surface area contributed by atoms with E-state index in [2.05, 4.69) is 15.3 Å². The molecule has 1 amide bonds. The molecule has 4 rings (SSSR count). The molecule has 2 aromatic heterocycles. The van der Waals surface area contributed by atoms with Gasteiger partial charge in [0.25, 0.3) is 5.56 Å². The summed E-state index contributed by atoms with van der Waals surface area (Å²) in [7, 11) is 2.96. The third-order valence-electron chi connectivity index (χ3n) is 5.44. The second kappa shape index (κ2) is 8.84. The Kier molecular flexibility index (Phi) is 6.15. The van der Waals surface area contributed by atoms with E-state index < -0.39 is 11.2 Å². The average molecular weight is 460 g/mol. The standard InChI is InChI=1S/C21H22ClN5O3S/c1-26-18-16(20(29)27(2)21(26)30)19(31-11-15(28)23-12-7-3-4-8-12)25-17(24-18)13-9-5-6-10-14(13)22/h5-6,9-10,12H,3-4,7-8,11H2,1-2H3,(H,23,28). The molecule has 0 spiro atoms. The summed E-state index contributed by atoms with van der Waals surface area (Å²) in [5, 5.41) is 4.04. The number of nitrogens with one attached hydrogen (secondary N) is 1. The normalized spacial score (nSPS) is 14.3. The van der Waals surface area contributed by atoms with Crippen LogP contribution in [-0.4, -0.2) is 36.8 Å². The Bertz CT molecular complexity index is 1280. The van der Waals surface area contributed by atoms with Crippen molar-refractivity contribution in [1.82, 2.24) is 24.4 Å². The molecule has 2 heterocycles. The number of benzene rings is 1. The van der Waals surface area contributed by atoms with Crippen LogP contribution < -0.4 is 16.6 Å². The summed E-state index contributed by atoms with van der Waals surface area (Å²) < 4.78 is 2.32. The zero-order valence-electron chi connectivity index (χ0n) is 17.2. The second-order valence-electron chi connectivity index (χ2n) is 7.57. The number of aromatic nitrogens is 4. The fraction of sp³-hybridized carbons (Fsp3) is 0.381. The van der Waals surface area contributed by atoms with Gasteiger partial charge in [-0.2, -0.15) is 0 Å². The van der Waals surface area contributed by atoms with Crippen molar-refractivity contribution >= 4 is 40.3 Å². The molecule has 31 heavy (non-hydrogen) atoms. The molecule has 1 aromatic carbocycles. The van der Waals surface area contributed by atoms with Gasteiger partial charge in [-0.3, -0.25) is 18.7 Å². The number of fused-ring (bicyclic) bond motifs is 1. The first-order valence-corrected chi connectivity index (χ1v) is 11.4. The minimum atomic E-state index is -0.498. The van der Waals surface area contributed by atoms with E-state index in [1.54, 1.807) is 31.3 Å². The van der Waals surface area contributed by atoms with E-state index in [0.29, 0.717) is 21.4 Å². The maximum Gasteiger partial charge on any atom is 0.332 e. The zero-order chi connectivity index (χ0) is 22.1. The Labute approximate surface area is 187 Å². The van der Waals surface area contributed by atoms with Crippen molar-refractivity contribution in [2.75, 3.05) is 5.75 Å². The van der Waals surface area contributed by atoms with Crippen LogP contribution in [0.4, 0.5) is 0 Å². The smallest absolute Gasteiger partial charge is 0.332 e. The number of hydrogen-bond donors (Lipinski definition) is 1. The predicted octanol–water partition coefficient (Wildman–Crippen LogP) is 2.50. The van der Waals surface area contributed by atoms with Gasteiger partial charge in [0, 0.05) is 25.7 Å². The highest BCUT2D eigenvalue weighted by Gasteiger charge is 2.21. The molecule has 0 radical (unpaired) electrons. The number of thioether (sulfide) groups is 1. The lowest BCUT2D eigenvalue weighted by molar-refractivity contribution is -0.119. The fourth-order valence-electron chi connectivity index (χ4n) is 3.77. The summed E-state index contributed by atoms with van der Waals surface area (Å²) in [4.78, 5) is 46.8. The van der Waals surface area contributed by atoms with E-state index in [-0.39, 0.29) is 28.7 Å². The SMILES string of the molecule is Cn1c(=O)c2c(SCC(=O)NC3CCCC3)nc(-c3ccccc3Cl)nc2n(C)c1=O. The van der Waals surface area contributed by atoms with E-state index in [9.17, 15) is 14.4 Å². The van der Waals surface area contributed by atoms with Crippen LogP contribution in [0, 0.1) is 0 Å². The number of hydrogen-bond acceptors (Lipinski definition) is 6. The van der Waals surface area contributed by atoms with Crippen LogP contribution >= 0.6 is 23.4 Å². The molecule has 1 aliphatic rings. The summed E-state index contributed by atoms with van der Waals surface area (Å²) in [6, 6.07) is 7.29. The number of nitrogens with zero attached hydrogens (tertiary/aromatic N) is 4. The Hall–Kier alpha value is -2.65. The number of amides is 1. The number of carbonyl (C=O) groups excluding carboxylic acids is 1. The Morgan fingerprint density at radius 2 is 1.87 bits per heavy atom. The van der Waals surface area contributed by atoms with Gasteiger partial charge in [-0.25, -0.2) is 14.8 Å². The first-order valence-electron chi connectivity index (χ1n) is 10.0. The van der Waals surface area contributed by atoms with Crippen LogP contribution in [0.25, 0.3) is 22.4 Å². The van der Waals surface area contributed by atoms with Crippen molar-refractivity contribution in [3.63, 3.8) is 0 Å². The molecule has 1 saturated carbocycles. The minimum Gasteiger partial charge on any atom is -0.353 e. The van der Waals surface area contributed by atoms with Crippen LogP contribution in [-0.2, 0) is 18.9 Å². The van der Waals surface area contributed by atoms with Gasteiger partial charge in [0.05, 0.1) is 10.8 Å². The molecule has 10 heteroatoms. The highest BCUT2D eigenvalue weighted by molar-refractivity contribution is 8.00. The second-order valence-corrected chi connectivity index (χ2v) is 8.95. The van der Waals surface area contributed by atoms with Crippen LogP contribution in [0.5, 0.6) is 0 Å². The Morgan fingerprint density at radius 3 is 2.58 bits per heavy atom. The van der Waals surface area contributed by atoms with E-state index in [1.165, 1.54) is 11.6 Å². The molecule has 0 aliphatic heterocycles. The van der Waals surface area contributed by atoms with Crippen molar-refractivity contribution in [3.8, 4) is 11.4 Å². The number of carbonyl (C=O) groups is 1. The van der Waals surface area contributed by atoms with Gasteiger partial charge in [0.15, 0.2) is 11.5 Å². The van der Waals surface area contributed by atoms with E-state index in [4.69, 9.17) is 11.6 Å². The van der Waals surface area contributed by atoms with Crippen LogP contribution in [0.2, 0.25) is 5.02 Å². The molecule has 0 unspecified atom stereocenters. The molecule has 8 nitrogen and oxygen atoms in total. The molecule has 0 atom stereocenters. The van der Waals surface area contributed by atoms with E-state index in [1.807, 2.05) is 0 Å². The van der Waals surface area contributed by atoms with Crippen molar-refractivity contribution in [2.45, 2.75) is 36.8 Å². The molecular weight excluding hydrogens is 438 g/mol. The number of rotatable bonds is 5.